The average molecular weight is 309 g/mol. The van der Waals surface area contributed by atoms with Crippen LogP contribution in [0.1, 0.15) is 41.5 Å². The molecular formula is C17H32OSi2. The van der Waals surface area contributed by atoms with Crippen LogP contribution in [0.25, 0.3) is 0 Å². The van der Waals surface area contributed by atoms with E-state index < -0.39 is 22.3 Å². The number of aliphatic hydroxyl groups excluding tert-OH is 1. The summed E-state index contributed by atoms with van der Waals surface area (Å²) in [4.78, 5) is 0. The van der Waals surface area contributed by atoms with Crippen LogP contribution in [-0.4, -0.2) is 27.4 Å². The van der Waals surface area contributed by atoms with Gasteiger partial charge in [-0.15, -0.1) is 11.1 Å². The maximum absolute atomic E-state index is 10.0. The molecule has 0 heterocycles. The lowest BCUT2D eigenvalue weighted by molar-refractivity contribution is 0.290. The summed E-state index contributed by atoms with van der Waals surface area (Å²) < 4.78 is 0. The van der Waals surface area contributed by atoms with E-state index in [0.717, 1.165) is 0 Å². The molecule has 0 atom stereocenters. The Balaban J connectivity index is 5.03. The predicted octanol–water partition coefficient (Wildman–Crippen LogP) is 4.45. The van der Waals surface area contributed by atoms with Crippen molar-refractivity contribution < 1.29 is 5.11 Å². The molecule has 0 rings (SSSR count). The lowest BCUT2D eigenvalue weighted by Crippen LogP contribution is -2.30. The first-order chi connectivity index (χ1) is 9.46. The molecule has 3 heteroatoms. The van der Waals surface area contributed by atoms with Gasteiger partial charge in [-0.25, -0.2) is 0 Å². The summed E-state index contributed by atoms with van der Waals surface area (Å²) in [5, 5.41) is 10.0. The third-order valence-electron chi connectivity index (χ3n) is 5.01. The lowest BCUT2D eigenvalue weighted by atomic mass is 10.4. The third-order valence-corrected chi connectivity index (χ3v) is 14.5. The molecule has 0 saturated carbocycles. The molecule has 1 N–H and O–H groups in total. The molecule has 0 aliphatic rings. The van der Waals surface area contributed by atoms with Gasteiger partial charge in [0.2, 0.25) is 0 Å². The Morgan fingerprint density at radius 1 is 0.650 bits per heavy atom. The molecule has 0 saturated heterocycles. The first kappa shape index (κ1) is 19.5. The minimum absolute atomic E-state index is 0.747. The summed E-state index contributed by atoms with van der Waals surface area (Å²) in [5.41, 5.74) is 6.85. The van der Waals surface area contributed by atoms with Crippen molar-refractivity contribution in [3.63, 3.8) is 0 Å². The van der Waals surface area contributed by atoms with E-state index in [0.29, 0.717) is 0 Å². The smallest absolute Gasteiger partial charge is 0.175 e. The van der Waals surface area contributed by atoms with Crippen molar-refractivity contribution in [2.24, 2.45) is 0 Å². The molecular weight excluding hydrogens is 276 g/mol. The maximum Gasteiger partial charge on any atom is 0.175 e. The van der Waals surface area contributed by atoms with Crippen molar-refractivity contribution in [1.29, 1.82) is 0 Å². The molecule has 0 aromatic carbocycles. The van der Waals surface area contributed by atoms with Gasteiger partial charge in [-0.3, -0.25) is 0 Å². The minimum Gasteiger partial charge on any atom is -0.369 e. The Morgan fingerprint density at radius 2 is 0.900 bits per heavy atom. The van der Waals surface area contributed by atoms with E-state index in [1.165, 1.54) is 36.3 Å². The van der Waals surface area contributed by atoms with Crippen LogP contribution in [0.5, 0.6) is 0 Å². The molecule has 0 fully saturated rings. The highest BCUT2D eigenvalue weighted by Gasteiger charge is 2.25. The Morgan fingerprint density at radius 3 is 1.10 bits per heavy atom. The van der Waals surface area contributed by atoms with Crippen molar-refractivity contribution in [3.8, 4) is 22.9 Å². The van der Waals surface area contributed by atoms with Crippen LogP contribution < -0.4 is 0 Å². The quantitative estimate of drug-likeness (QED) is 0.568. The summed E-state index contributed by atoms with van der Waals surface area (Å²) in [5.74, 6) is 6.07. The number of rotatable bonds is 6. The Labute approximate surface area is 128 Å². The summed E-state index contributed by atoms with van der Waals surface area (Å²) >= 11 is 0. The molecule has 0 aliphatic carbocycles. The number of aliphatic hydroxyl groups is 1. The molecule has 0 aromatic rings. The van der Waals surface area contributed by atoms with Gasteiger partial charge >= 0.3 is 0 Å². The molecule has 0 radical (unpaired) electrons. The van der Waals surface area contributed by atoms with E-state index in [1.54, 1.807) is 0 Å². The number of hydrogen-bond acceptors (Lipinski definition) is 1. The molecule has 114 valence electrons. The molecule has 0 aromatic heterocycles. The highest BCUT2D eigenvalue weighted by molar-refractivity contribution is 6.87. The first-order valence-corrected chi connectivity index (χ1v) is 13.4. The molecule has 1 nitrogen and oxygen atoms in total. The van der Waals surface area contributed by atoms with E-state index in [9.17, 15) is 5.11 Å². The Bertz CT molecular complexity index is 332. The summed E-state index contributed by atoms with van der Waals surface area (Å²) in [7, 11) is -2.92. The summed E-state index contributed by atoms with van der Waals surface area (Å²) in [6.07, 6.45) is -0.747. The van der Waals surface area contributed by atoms with E-state index in [-0.39, 0.29) is 0 Å². The second kappa shape index (κ2) is 9.45. The zero-order valence-electron chi connectivity index (χ0n) is 14.3. The second-order valence-electron chi connectivity index (χ2n) is 5.62. The zero-order valence-corrected chi connectivity index (χ0v) is 16.3. The predicted molar refractivity (Wildman–Crippen MR) is 96.0 cm³/mol. The van der Waals surface area contributed by atoms with Gasteiger partial charge in [0.05, 0.1) is 0 Å². The first-order valence-electron chi connectivity index (χ1n) is 8.20. The normalized spacial score (nSPS) is 11.6. The van der Waals surface area contributed by atoms with Gasteiger partial charge in [0.25, 0.3) is 0 Å². The summed E-state index contributed by atoms with van der Waals surface area (Å²) in [6.45, 7) is 13.4. The van der Waals surface area contributed by atoms with Crippen LogP contribution in [-0.2, 0) is 0 Å². The van der Waals surface area contributed by atoms with Crippen molar-refractivity contribution in [3.05, 3.63) is 0 Å². The maximum atomic E-state index is 10.0. The van der Waals surface area contributed by atoms with Crippen LogP contribution in [0.15, 0.2) is 0 Å². The van der Waals surface area contributed by atoms with Crippen molar-refractivity contribution in [1.82, 2.24) is 0 Å². The standard InChI is InChI=1S/C17H32OSi2/c1-7-19(8-2,9-3)15-13-17(18)14-16-20(10-4,11-5)12-6/h17-18H,7-12H2,1-6H3. The fourth-order valence-corrected chi connectivity index (χ4v) is 7.46. The monoisotopic (exact) mass is 308 g/mol. The largest absolute Gasteiger partial charge is 0.369 e. The Hall–Kier alpha value is -0.486. The van der Waals surface area contributed by atoms with E-state index in [1.807, 2.05) is 0 Å². The van der Waals surface area contributed by atoms with Gasteiger partial charge in [0, 0.05) is 0 Å². The molecule has 0 bridgehead atoms. The Kier molecular flexibility index (Phi) is 9.22. The fraction of sp³-hybridized carbons (Fsp3) is 0.765. The molecule has 0 unspecified atom stereocenters. The van der Waals surface area contributed by atoms with Gasteiger partial charge in [-0.1, -0.05) is 53.4 Å². The van der Waals surface area contributed by atoms with Crippen molar-refractivity contribution in [2.45, 2.75) is 83.9 Å². The van der Waals surface area contributed by atoms with Gasteiger partial charge in [0.1, 0.15) is 16.1 Å². The fourth-order valence-electron chi connectivity index (χ4n) is 2.51. The van der Waals surface area contributed by atoms with Gasteiger partial charge in [-0.2, -0.15) is 0 Å². The third kappa shape index (κ3) is 5.48. The summed E-state index contributed by atoms with van der Waals surface area (Å²) in [6, 6.07) is 7.03. The highest BCUT2D eigenvalue weighted by atomic mass is 28.3. The highest BCUT2D eigenvalue weighted by Crippen LogP contribution is 2.19. The topological polar surface area (TPSA) is 20.2 Å². The number of hydrogen-bond donors (Lipinski definition) is 1. The minimum atomic E-state index is -1.46. The average Bonchev–Trinajstić information content (AvgIpc) is 2.51. The van der Waals surface area contributed by atoms with E-state index in [2.05, 4.69) is 64.5 Å². The van der Waals surface area contributed by atoms with Gasteiger partial charge in [0.15, 0.2) is 6.10 Å². The molecule has 0 spiro atoms. The van der Waals surface area contributed by atoms with Crippen LogP contribution in [0, 0.1) is 22.9 Å². The van der Waals surface area contributed by atoms with Crippen molar-refractivity contribution in [2.75, 3.05) is 0 Å². The molecule has 20 heavy (non-hydrogen) atoms. The SMILES string of the molecule is CC[Si](C#CC(O)C#C[Si](CC)(CC)CC)(CC)CC. The van der Waals surface area contributed by atoms with Crippen LogP contribution in [0.4, 0.5) is 0 Å². The van der Waals surface area contributed by atoms with Gasteiger partial charge < -0.3 is 5.11 Å². The van der Waals surface area contributed by atoms with Crippen LogP contribution >= 0.6 is 0 Å². The van der Waals surface area contributed by atoms with Gasteiger partial charge in [-0.05, 0) is 36.3 Å². The van der Waals surface area contributed by atoms with E-state index in [4.69, 9.17) is 0 Å². The zero-order chi connectivity index (χ0) is 15.6. The van der Waals surface area contributed by atoms with Crippen molar-refractivity contribution >= 4 is 16.1 Å². The lowest BCUT2D eigenvalue weighted by Gasteiger charge is -2.20. The second-order valence-corrected chi connectivity index (χ2v) is 15.5. The van der Waals surface area contributed by atoms with E-state index >= 15 is 0 Å². The molecule has 0 amide bonds. The van der Waals surface area contributed by atoms with Crippen LogP contribution in [0.2, 0.25) is 36.3 Å². The van der Waals surface area contributed by atoms with Crippen LogP contribution in [0.3, 0.4) is 0 Å². The molecule has 0 aliphatic heterocycles.